The van der Waals surface area contributed by atoms with E-state index in [0.717, 1.165) is 63.5 Å². The molecule has 1 aromatic carbocycles. The van der Waals surface area contributed by atoms with Crippen LogP contribution in [0.5, 0.6) is 11.5 Å². The van der Waals surface area contributed by atoms with E-state index >= 15 is 0 Å². The van der Waals surface area contributed by atoms with Crippen molar-refractivity contribution in [2.24, 2.45) is 0 Å². The fourth-order valence-electron chi connectivity index (χ4n) is 4.12. The van der Waals surface area contributed by atoms with Gasteiger partial charge in [-0.1, -0.05) is 12.1 Å². The van der Waals surface area contributed by atoms with Gasteiger partial charge < -0.3 is 19.3 Å². The monoisotopic (exact) mass is 345 g/mol. The van der Waals surface area contributed by atoms with Crippen LogP contribution in [0, 0.1) is 0 Å². The minimum absolute atomic E-state index is 0.0494. The maximum absolute atomic E-state index is 12.4. The second-order valence-electron chi connectivity index (χ2n) is 7.30. The van der Waals surface area contributed by atoms with Crippen molar-refractivity contribution in [3.8, 4) is 11.5 Å². The lowest BCUT2D eigenvalue weighted by Crippen LogP contribution is -2.57. The number of benzene rings is 1. The van der Waals surface area contributed by atoms with Crippen LogP contribution in [0.3, 0.4) is 0 Å². The smallest absolute Gasteiger partial charge is 0.320 e. The van der Waals surface area contributed by atoms with Gasteiger partial charge in [0.15, 0.2) is 11.5 Å². The Hall–Kier alpha value is -1.95. The molecule has 0 spiro atoms. The van der Waals surface area contributed by atoms with Crippen molar-refractivity contribution in [1.82, 2.24) is 14.7 Å². The highest BCUT2D eigenvalue weighted by Crippen LogP contribution is 2.31. The van der Waals surface area contributed by atoms with Crippen molar-refractivity contribution in [2.75, 3.05) is 46.4 Å². The summed E-state index contributed by atoms with van der Waals surface area (Å²) in [6.07, 6.45) is 3.34. The Kier molecular flexibility index (Phi) is 4.70. The summed E-state index contributed by atoms with van der Waals surface area (Å²) in [4.78, 5) is 18.8. The molecule has 0 aliphatic carbocycles. The number of likely N-dealkylation sites (tertiary alicyclic amines) is 1. The molecule has 136 valence electrons. The minimum Gasteiger partial charge on any atom is -0.486 e. The van der Waals surface area contributed by atoms with E-state index in [0.29, 0.717) is 12.6 Å². The molecule has 2 saturated heterocycles. The zero-order valence-corrected chi connectivity index (χ0v) is 14.9. The predicted octanol–water partition coefficient (Wildman–Crippen LogP) is 2.05. The molecular weight excluding hydrogens is 318 g/mol. The fourth-order valence-corrected chi connectivity index (χ4v) is 4.12. The Labute approximate surface area is 149 Å². The van der Waals surface area contributed by atoms with E-state index in [2.05, 4.69) is 9.80 Å². The van der Waals surface area contributed by atoms with Crippen LogP contribution in [-0.4, -0.2) is 79.3 Å². The second kappa shape index (κ2) is 7.12. The average Bonchev–Trinajstić information content (AvgIpc) is 2.64. The second-order valence-corrected chi connectivity index (χ2v) is 7.30. The van der Waals surface area contributed by atoms with Gasteiger partial charge in [-0.2, -0.15) is 0 Å². The van der Waals surface area contributed by atoms with Gasteiger partial charge in [-0.15, -0.1) is 0 Å². The SMILES string of the molecule is CN1CCCN(C2CCCN(CC3COc4ccccc4O3)C2)C1=O. The molecule has 25 heavy (non-hydrogen) atoms. The number of rotatable bonds is 3. The summed E-state index contributed by atoms with van der Waals surface area (Å²) in [5, 5.41) is 0. The van der Waals surface area contributed by atoms with Crippen LogP contribution >= 0.6 is 0 Å². The number of ether oxygens (including phenoxy) is 2. The van der Waals surface area contributed by atoms with E-state index in [4.69, 9.17) is 9.47 Å². The molecule has 0 aromatic heterocycles. The molecule has 6 heteroatoms. The van der Waals surface area contributed by atoms with Gasteiger partial charge in [0.2, 0.25) is 0 Å². The van der Waals surface area contributed by atoms with E-state index in [9.17, 15) is 4.79 Å². The molecular formula is C19H27N3O3. The lowest BCUT2D eigenvalue weighted by molar-refractivity contribution is 0.0321. The average molecular weight is 345 g/mol. The van der Waals surface area contributed by atoms with E-state index in [1.165, 1.54) is 0 Å². The van der Waals surface area contributed by atoms with Gasteiger partial charge in [-0.25, -0.2) is 4.79 Å². The van der Waals surface area contributed by atoms with Crippen LogP contribution in [0.15, 0.2) is 24.3 Å². The minimum atomic E-state index is 0.0494. The number of hydrogen-bond acceptors (Lipinski definition) is 4. The highest BCUT2D eigenvalue weighted by atomic mass is 16.6. The third kappa shape index (κ3) is 3.54. The molecule has 4 rings (SSSR count). The van der Waals surface area contributed by atoms with Crippen molar-refractivity contribution in [2.45, 2.75) is 31.4 Å². The first-order chi connectivity index (χ1) is 12.2. The number of hydrogen-bond donors (Lipinski definition) is 0. The lowest BCUT2D eigenvalue weighted by Gasteiger charge is -2.43. The van der Waals surface area contributed by atoms with Crippen LogP contribution in [0.1, 0.15) is 19.3 Å². The van der Waals surface area contributed by atoms with Crippen LogP contribution in [0.2, 0.25) is 0 Å². The highest BCUT2D eigenvalue weighted by molar-refractivity contribution is 5.75. The van der Waals surface area contributed by atoms with E-state index in [-0.39, 0.29) is 12.1 Å². The van der Waals surface area contributed by atoms with E-state index in [1.807, 2.05) is 36.2 Å². The number of nitrogens with zero attached hydrogens (tertiary/aromatic N) is 3. The fraction of sp³-hybridized carbons (Fsp3) is 0.632. The van der Waals surface area contributed by atoms with Crippen molar-refractivity contribution in [3.63, 3.8) is 0 Å². The molecule has 3 heterocycles. The van der Waals surface area contributed by atoms with Crippen LogP contribution in [0.25, 0.3) is 0 Å². The summed E-state index contributed by atoms with van der Waals surface area (Å²) < 4.78 is 11.9. The third-order valence-electron chi connectivity index (χ3n) is 5.42. The van der Waals surface area contributed by atoms with Gasteiger partial charge in [0.1, 0.15) is 12.7 Å². The van der Waals surface area contributed by atoms with Gasteiger partial charge >= 0.3 is 6.03 Å². The van der Waals surface area contributed by atoms with E-state index < -0.39 is 0 Å². The van der Waals surface area contributed by atoms with Gasteiger partial charge in [0, 0.05) is 39.3 Å². The van der Waals surface area contributed by atoms with Crippen LogP contribution in [0.4, 0.5) is 4.79 Å². The topological polar surface area (TPSA) is 45.2 Å². The van der Waals surface area contributed by atoms with Gasteiger partial charge in [0.05, 0.1) is 0 Å². The Morgan fingerprint density at radius 3 is 2.84 bits per heavy atom. The molecule has 3 aliphatic heterocycles. The van der Waals surface area contributed by atoms with Crippen molar-refractivity contribution < 1.29 is 14.3 Å². The summed E-state index contributed by atoms with van der Waals surface area (Å²) >= 11 is 0. The molecule has 2 amide bonds. The normalized spacial score (nSPS) is 27.5. The quantitative estimate of drug-likeness (QED) is 0.841. The third-order valence-corrected chi connectivity index (χ3v) is 5.42. The van der Waals surface area contributed by atoms with Crippen molar-refractivity contribution in [3.05, 3.63) is 24.3 Å². The zero-order chi connectivity index (χ0) is 17.2. The molecule has 0 N–H and O–H groups in total. The summed E-state index contributed by atoms with van der Waals surface area (Å²) in [5.41, 5.74) is 0. The molecule has 0 radical (unpaired) electrons. The Morgan fingerprint density at radius 1 is 1.12 bits per heavy atom. The summed E-state index contributed by atoms with van der Waals surface area (Å²) in [7, 11) is 1.90. The van der Waals surface area contributed by atoms with Gasteiger partial charge in [-0.05, 0) is 37.9 Å². The van der Waals surface area contributed by atoms with Crippen molar-refractivity contribution >= 4 is 6.03 Å². The summed E-state index contributed by atoms with van der Waals surface area (Å²) in [6.45, 7) is 5.19. The zero-order valence-electron chi connectivity index (χ0n) is 14.9. The maximum atomic E-state index is 12.4. The highest BCUT2D eigenvalue weighted by Gasteiger charge is 2.33. The Morgan fingerprint density at radius 2 is 1.96 bits per heavy atom. The molecule has 1 aromatic rings. The van der Waals surface area contributed by atoms with Gasteiger partial charge in [-0.3, -0.25) is 4.90 Å². The number of urea groups is 1. The maximum Gasteiger partial charge on any atom is 0.320 e. The van der Waals surface area contributed by atoms with Crippen molar-refractivity contribution in [1.29, 1.82) is 0 Å². The first-order valence-electron chi connectivity index (χ1n) is 9.33. The van der Waals surface area contributed by atoms with E-state index in [1.54, 1.807) is 0 Å². The molecule has 2 fully saturated rings. The van der Waals surface area contributed by atoms with Crippen LogP contribution in [-0.2, 0) is 0 Å². The van der Waals surface area contributed by atoms with Crippen LogP contribution < -0.4 is 9.47 Å². The number of amides is 2. The number of fused-ring (bicyclic) bond motifs is 1. The Balaban J connectivity index is 1.35. The number of para-hydroxylation sites is 2. The largest absolute Gasteiger partial charge is 0.486 e. The molecule has 3 aliphatic rings. The standard InChI is InChI=1S/C19H27N3O3/c1-20-9-5-11-22(19(20)23)15-6-4-10-21(12-15)13-16-14-24-17-7-2-3-8-18(17)25-16/h2-3,7-8,15-16H,4-6,9-14H2,1H3. The number of carbonyl (C=O) groups is 1. The molecule has 0 bridgehead atoms. The molecule has 0 saturated carbocycles. The first kappa shape index (κ1) is 16.5. The molecule has 2 unspecified atom stereocenters. The lowest BCUT2D eigenvalue weighted by atomic mass is 10.0. The summed E-state index contributed by atoms with van der Waals surface area (Å²) in [6, 6.07) is 8.35. The predicted molar refractivity (Wildman–Crippen MR) is 95.2 cm³/mol. The number of carbonyl (C=O) groups excluding carboxylic acids is 1. The first-order valence-corrected chi connectivity index (χ1v) is 9.33. The summed E-state index contributed by atoms with van der Waals surface area (Å²) in [5.74, 6) is 1.66. The molecule has 2 atom stereocenters. The molecule has 6 nitrogen and oxygen atoms in total. The van der Waals surface area contributed by atoms with Gasteiger partial charge in [0.25, 0.3) is 0 Å². The Bertz CT molecular complexity index is 624. The number of piperidine rings is 1.